The molecule has 1 saturated heterocycles. The molecule has 1 aliphatic rings. The van der Waals surface area contributed by atoms with Gasteiger partial charge >= 0.3 is 6.03 Å². The summed E-state index contributed by atoms with van der Waals surface area (Å²) in [6.07, 6.45) is 1.47. The number of benzene rings is 1. The maximum Gasteiger partial charge on any atom is 0.315 e. The lowest BCUT2D eigenvalue weighted by Gasteiger charge is -2.12. The minimum atomic E-state index is -2.98. The smallest absolute Gasteiger partial charge is 0.315 e. The highest BCUT2D eigenvalue weighted by Gasteiger charge is 2.28. The van der Waals surface area contributed by atoms with E-state index in [4.69, 9.17) is 4.74 Å². The second-order valence-electron chi connectivity index (χ2n) is 5.35. The Morgan fingerprint density at radius 1 is 1.32 bits per heavy atom. The summed E-state index contributed by atoms with van der Waals surface area (Å²) in [4.78, 5) is 11.6. The van der Waals surface area contributed by atoms with E-state index >= 15 is 0 Å². The normalized spacial score (nSPS) is 19.6. The van der Waals surface area contributed by atoms with E-state index in [1.54, 1.807) is 0 Å². The highest BCUT2D eigenvalue weighted by atomic mass is 32.2. The predicted molar refractivity (Wildman–Crippen MR) is 84.9 cm³/mol. The molecule has 2 amide bonds. The van der Waals surface area contributed by atoms with Crippen molar-refractivity contribution in [1.29, 1.82) is 0 Å². The maximum atomic E-state index is 11.6. The molecule has 2 N–H and O–H groups in total. The monoisotopic (exact) mass is 326 g/mol. The topological polar surface area (TPSA) is 84.5 Å². The van der Waals surface area contributed by atoms with Gasteiger partial charge in [0.2, 0.25) is 0 Å². The summed E-state index contributed by atoms with van der Waals surface area (Å²) in [6, 6.07) is 7.19. The summed E-state index contributed by atoms with van der Waals surface area (Å²) in [5.74, 6) is 0.941. The number of hydrogen-bond acceptors (Lipinski definition) is 4. The molecule has 1 aliphatic heterocycles. The number of sulfone groups is 1. The summed E-state index contributed by atoms with van der Waals surface area (Å²) >= 11 is 0. The minimum Gasteiger partial charge on any atom is -0.492 e. The fourth-order valence-electron chi connectivity index (χ4n) is 2.30. The molecule has 122 valence electrons. The van der Waals surface area contributed by atoms with Gasteiger partial charge in [0, 0.05) is 6.04 Å². The van der Waals surface area contributed by atoms with Gasteiger partial charge in [-0.25, -0.2) is 13.2 Å². The summed E-state index contributed by atoms with van der Waals surface area (Å²) in [7, 11) is -2.98. The summed E-state index contributed by atoms with van der Waals surface area (Å²) in [5, 5.41) is 5.32. The molecule has 2 rings (SSSR count). The third kappa shape index (κ3) is 5.22. The zero-order valence-electron chi connectivity index (χ0n) is 12.7. The molecular formula is C15H22N2O4S. The van der Waals surface area contributed by atoms with Crippen LogP contribution in [-0.2, 0) is 16.3 Å². The van der Waals surface area contributed by atoms with Crippen molar-refractivity contribution in [3.05, 3.63) is 29.8 Å². The minimum absolute atomic E-state index is 0.0285. The molecule has 1 heterocycles. The summed E-state index contributed by atoms with van der Waals surface area (Å²) in [6.45, 7) is 2.82. The lowest BCUT2D eigenvalue weighted by molar-refractivity contribution is 0.233. The molecule has 1 aromatic carbocycles. The predicted octanol–water partition coefficient (Wildman–Crippen LogP) is 1.11. The van der Waals surface area contributed by atoms with Crippen LogP contribution in [0.15, 0.2) is 24.3 Å². The van der Waals surface area contributed by atoms with Gasteiger partial charge in [-0.2, -0.15) is 0 Å². The maximum absolute atomic E-state index is 11.6. The molecular weight excluding hydrogens is 304 g/mol. The molecule has 1 aromatic rings. The van der Waals surface area contributed by atoms with Gasteiger partial charge < -0.3 is 15.4 Å². The molecule has 0 bridgehead atoms. The quantitative estimate of drug-likeness (QED) is 0.767. The zero-order chi connectivity index (χ0) is 16.0. The molecule has 0 aliphatic carbocycles. The number of urea groups is 1. The number of nitrogens with one attached hydrogen (secondary N) is 2. The van der Waals surface area contributed by atoms with Crippen LogP contribution in [0.2, 0.25) is 0 Å². The van der Waals surface area contributed by atoms with Crippen LogP contribution in [0, 0.1) is 0 Å². The molecule has 1 fully saturated rings. The standard InChI is InChI=1S/C15H22N2O4S/c1-2-12-3-5-14(6-4-12)21-9-8-16-15(18)17-13-7-10-22(19,20)11-13/h3-6,13H,2,7-11H2,1H3,(H2,16,17,18). The highest BCUT2D eigenvalue weighted by molar-refractivity contribution is 7.91. The summed E-state index contributed by atoms with van der Waals surface area (Å²) in [5.41, 5.74) is 1.25. The number of carbonyl (C=O) groups excluding carboxylic acids is 1. The third-order valence-electron chi connectivity index (χ3n) is 3.56. The van der Waals surface area contributed by atoms with Crippen molar-refractivity contribution < 1.29 is 17.9 Å². The number of aryl methyl sites for hydroxylation is 1. The van der Waals surface area contributed by atoms with Gasteiger partial charge in [0.05, 0.1) is 18.1 Å². The lowest BCUT2D eigenvalue weighted by Crippen LogP contribution is -2.43. The van der Waals surface area contributed by atoms with Crippen molar-refractivity contribution in [2.24, 2.45) is 0 Å². The SMILES string of the molecule is CCc1ccc(OCCNC(=O)NC2CCS(=O)(=O)C2)cc1. The molecule has 22 heavy (non-hydrogen) atoms. The Morgan fingerprint density at radius 2 is 2.05 bits per heavy atom. The average Bonchev–Trinajstić information content (AvgIpc) is 2.83. The van der Waals surface area contributed by atoms with Crippen LogP contribution in [0.5, 0.6) is 5.75 Å². The Labute approximate surface area is 131 Å². The first-order valence-corrected chi connectivity index (χ1v) is 9.27. The molecule has 1 unspecified atom stereocenters. The average molecular weight is 326 g/mol. The number of amides is 2. The third-order valence-corrected chi connectivity index (χ3v) is 5.32. The Hall–Kier alpha value is -1.76. The number of ether oxygens (including phenoxy) is 1. The largest absolute Gasteiger partial charge is 0.492 e. The van der Waals surface area contributed by atoms with E-state index in [-0.39, 0.29) is 23.6 Å². The Bertz CT molecular complexity index is 598. The van der Waals surface area contributed by atoms with Crippen LogP contribution in [0.1, 0.15) is 18.9 Å². The van der Waals surface area contributed by atoms with E-state index in [0.717, 1.165) is 12.2 Å². The summed E-state index contributed by atoms with van der Waals surface area (Å²) < 4.78 is 28.1. The van der Waals surface area contributed by atoms with Crippen molar-refractivity contribution in [3.8, 4) is 5.75 Å². The molecule has 7 heteroatoms. The Morgan fingerprint density at radius 3 is 2.64 bits per heavy atom. The van der Waals surface area contributed by atoms with Crippen LogP contribution < -0.4 is 15.4 Å². The molecule has 1 atom stereocenters. The van der Waals surface area contributed by atoms with Crippen molar-refractivity contribution >= 4 is 15.9 Å². The van der Waals surface area contributed by atoms with Crippen LogP contribution in [0.3, 0.4) is 0 Å². The van der Waals surface area contributed by atoms with Crippen molar-refractivity contribution in [1.82, 2.24) is 10.6 Å². The molecule has 0 aromatic heterocycles. The van der Waals surface area contributed by atoms with Crippen molar-refractivity contribution in [3.63, 3.8) is 0 Å². The zero-order valence-corrected chi connectivity index (χ0v) is 13.5. The second kappa shape index (κ2) is 7.49. The fraction of sp³-hybridized carbons (Fsp3) is 0.533. The molecule has 0 saturated carbocycles. The van der Waals surface area contributed by atoms with Crippen LogP contribution in [0.4, 0.5) is 4.79 Å². The van der Waals surface area contributed by atoms with E-state index in [1.807, 2.05) is 24.3 Å². The second-order valence-corrected chi connectivity index (χ2v) is 7.57. The van der Waals surface area contributed by atoms with E-state index in [2.05, 4.69) is 17.6 Å². The first-order chi connectivity index (χ1) is 10.5. The Balaban J connectivity index is 1.62. The van der Waals surface area contributed by atoms with Crippen molar-refractivity contribution in [2.75, 3.05) is 24.7 Å². The highest BCUT2D eigenvalue weighted by Crippen LogP contribution is 2.12. The van der Waals surface area contributed by atoms with Crippen LogP contribution in [0.25, 0.3) is 0 Å². The molecule has 6 nitrogen and oxygen atoms in total. The van der Waals surface area contributed by atoms with E-state index in [1.165, 1.54) is 5.56 Å². The first-order valence-electron chi connectivity index (χ1n) is 7.45. The number of carbonyl (C=O) groups is 1. The van der Waals surface area contributed by atoms with Crippen LogP contribution in [-0.4, -0.2) is 45.1 Å². The fourth-order valence-corrected chi connectivity index (χ4v) is 3.97. The van der Waals surface area contributed by atoms with Crippen molar-refractivity contribution in [2.45, 2.75) is 25.8 Å². The van der Waals surface area contributed by atoms with Crippen LogP contribution >= 0.6 is 0 Å². The van der Waals surface area contributed by atoms with Gasteiger partial charge in [0.25, 0.3) is 0 Å². The van der Waals surface area contributed by atoms with E-state index < -0.39 is 9.84 Å². The van der Waals surface area contributed by atoms with Gasteiger partial charge in [0.15, 0.2) is 9.84 Å². The number of hydrogen-bond donors (Lipinski definition) is 2. The van der Waals surface area contributed by atoms with Gasteiger partial charge in [-0.05, 0) is 30.5 Å². The number of rotatable bonds is 6. The molecule has 0 radical (unpaired) electrons. The van der Waals surface area contributed by atoms with Gasteiger partial charge in [0.1, 0.15) is 12.4 Å². The first kappa shape index (κ1) is 16.6. The molecule has 0 spiro atoms. The van der Waals surface area contributed by atoms with Gasteiger partial charge in [-0.15, -0.1) is 0 Å². The van der Waals surface area contributed by atoms with Gasteiger partial charge in [-0.1, -0.05) is 19.1 Å². The van der Waals surface area contributed by atoms with Gasteiger partial charge in [-0.3, -0.25) is 0 Å². The lowest BCUT2D eigenvalue weighted by atomic mass is 10.2. The Kier molecular flexibility index (Phi) is 5.65. The van der Waals surface area contributed by atoms with E-state index in [9.17, 15) is 13.2 Å². The van der Waals surface area contributed by atoms with E-state index in [0.29, 0.717) is 19.6 Å².